The van der Waals surface area contributed by atoms with Gasteiger partial charge in [-0.05, 0) is 34.1 Å². The Morgan fingerprint density at radius 3 is 2.67 bits per heavy atom. The van der Waals surface area contributed by atoms with Crippen LogP contribution in [0.2, 0.25) is 10.0 Å². The first-order valence-electron chi connectivity index (χ1n) is 6.24. The Labute approximate surface area is 146 Å². The molecule has 0 bridgehead atoms. The van der Waals surface area contributed by atoms with Crippen molar-refractivity contribution in [1.29, 1.82) is 0 Å². The number of ether oxygens (including phenoxy) is 1. The normalized spacial score (nSPS) is 12.4. The summed E-state index contributed by atoms with van der Waals surface area (Å²) in [5.41, 5.74) is 0. The minimum absolute atomic E-state index is 0.130. The third-order valence-corrected chi connectivity index (χ3v) is 4.93. The van der Waals surface area contributed by atoms with Crippen LogP contribution in [0.3, 0.4) is 0 Å². The van der Waals surface area contributed by atoms with Crippen molar-refractivity contribution in [3.05, 3.63) is 49.0 Å². The molecule has 1 atom stereocenters. The van der Waals surface area contributed by atoms with E-state index in [-0.39, 0.29) is 6.61 Å². The molecule has 2 rings (SSSR count). The number of rotatable bonds is 7. The molecule has 0 spiro atoms. The highest BCUT2D eigenvalue weighted by Crippen LogP contribution is 2.32. The molecule has 0 aliphatic carbocycles. The van der Waals surface area contributed by atoms with Crippen LogP contribution in [0, 0.1) is 0 Å². The minimum Gasteiger partial charge on any atom is -0.488 e. The van der Waals surface area contributed by atoms with E-state index in [1.165, 1.54) is 4.88 Å². The van der Waals surface area contributed by atoms with E-state index in [0.29, 0.717) is 28.9 Å². The second-order valence-corrected chi connectivity index (χ2v) is 7.10. The van der Waals surface area contributed by atoms with Gasteiger partial charge >= 0.3 is 0 Å². The summed E-state index contributed by atoms with van der Waals surface area (Å²) >= 11 is 17.0. The van der Waals surface area contributed by atoms with Gasteiger partial charge in [0.2, 0.25) is 0 Å². The molecule has 0 saturated carbocycles. The van der Waals surface area contributed by atoms with Crippen LogP contribution in [0.5, 0.6) is 5.75 Å². The summed E-state index contributed by atoms with van der Waals surface area (Å²) in [4.78, 5) is 1.20. The van der Waals surface area contributed by atoms with Crippen molar-refractivity contribution < 1.29 is 9.84 Å². The maximum absolute atomic E-state index is 9.90. The van der Waals surface area contributed by atoms with Crippen molar-refractivity contribution in [3.8, 4) is 5.75 Å². The van der Waals surface area contributed by atoms with Gasteiger partial charge in [-0.3, -0.25) is 0 Å². The zero-order chi connectivity index (χ0) is 15.2. The van der Waals surface area contributed by atoms with Crippen molar-refractivity contribution in [1.82, 2.24) is 5.32 Å². The van der Waals surface area contributed by atoms with Crippen LogP contribution in [0.4, 0.5) is 0 Å². The summed E-state index contributed by atoms with van der Waals surface area (Å²) in [5, 5.41) is 16.0. The molecular weight excluding hydrogens is 397 g/mol. The number of thiophene rings is 1. The average Bonchev–Trinajstić information content (AvgIpc) is 2.84. The maximum atomic E-state index is 9.90. The van der Waals surface area contributed by atoms with Crippen LogP contribution < -0.4 is 10.1 Å². The topological polar surface area (TPSA) is 41.5 Å². The third-order valence-electron chi connectivity index (χ3n) is 2.64. The van der Waals surface area contributed by atoms with Crippen LogP contribution in [-0.2, 0) is 6.54 Å². The second-order valence-electron chi connectivity index (χ2n) is 4.38. The van der Waals surface area contributed by atoms with Crippen molar-refractivity contribution in [2.75, 3.05) is 13.2 Å². The smallest absolute Gasteiger partial charge is 0.156 e. The molecule has 21 heavy (non-hydrogen) atoms. The van der Waals surface area contributed by atoms with Gasteiger partial charge in [-0.15, -0.1) is 11.3 Å². The third kappa shape index (κ3) is 5.43. The van der Waals surface area contributed by atoms with Gasteiger partial charge in [0.15, 0.2) is 5.75 Å². The van der Waals surface area contributed by atoms with E-state index in [0.717, 1.165) is 4.47 Å². The fourth-order valence-corrected chi connectivity index (χ4v) is 3.59. The van der Waals surface area contributed by atoms with Gasteiger partial charge in [0, 0.05) is 27.8 Å². The Bertz CT molecular complexity index is 574. The highest BCUT2D eigenvalue weighted by Gasteiger charge is 2.10. The van der Waals surface area contributed by atoms with Gasteiger partial charge < -0.3 is 15.2 Å². The SMILES string of the molecule is OC(CNCc1cc(Br)cs1)COc1c(Cl)cccc1Cl. The Balaban J connectivity index is 1.73. The minimum atomic E-state index is -0.638. The lowest BCUT2D eigenvalue weighted by molar-refractivity contribution is 0.106. The van der Waals surface area contributed by atoms with Crippen LogP contribution in [-0.4, -0.2) is 24.4 Å². The average molecular weight is 411 g/mol. The number of benzene rings is 1. The molecule has 0 radical (unpaired) electrons. The van der Waals surface area contributed by atoms with Gasteiger partial charge in [0.1, 0.15) is 12.7 Å². The van der Waals surface area contributed by atoms with Gasteiger partial charge in [-0.25, -0.2) is 0 Å². The van der Waals surface area contributed by atoms with E-state index in [4.69, 9.17) is 27.9 Å². The molecule has 2 aromatic rings. The van der Waals surface area contributed by atoms with E-state index in [2.05, 4.69) is 21.2 Å². The van der Waals surface area contributed by atoms with E-state index >= 15 is 0 Å². The Kier molecular flexibility index (Phi) is 6.79. The van der Waals surface area contributed by atoms with Crippen molar-refractivity contribution in [2.24, 2.45) is 0 Å². The summed E-state index contributed by atoms with van der Waals surface area (Å²) in [6.07, 6.45) is -0.638. The molecule has 0 aliphatic heterocycles. The molecule has 0 fully saturated rings. The molecule has 0 saturated heterocycles. The highest BCUT2D eigenvalue weighted by molar-refractivity contribution is 9.10. The summed E-state index contributed by atoms with van der Waals surface area (Å²) < 4.78 is 6.55. The first-order chi connectivity index (χ1) is 10.1. The van der Waals surface area contributed by atoms with Gasteiger partial charge in [0.25, 0.3) is 0 Å². The number of halogens is 3. The largest absolute Gasteiger partial charge is 0.488 e. The van der Waals surface area contributed by atoms with Crippen LogP contribution in [0.25, 0.3) is 0 Å². The van der Waals surface area contributed by atoms with E-state index in [9.17, 15) is 5.11 Å². The maximum Gasteiger partial charge on any atom is 0.156 e. The molecule has 1 aromatic heterocycles. The first kappa shape index (κ1) is 17.1. The summed E-state index contributed by atoms with van der Waals surface area (Å²) in [6, 6.07) is 7.18. The van der Waals surface area contributed by atoms with Crippen molar-refractivity contribution >= 4 is 50.5 Å². The van der Waals surface area contributed by atoms with Crippen LogP contribution >= 0.6 is 50.5 Å². The molecular formula is C14H14BrCl2NO2S. The Morgan fingerprint density at radius 2 is 2.05 bits per heavy atom. The zero-order valence-corrected chi connectivity index (χ0v) is 14.9. The number of aliphatic hydroxyl groups is 1. The molecule has 2 N–H and O–H groups in total. The highest BCUT2D eigenvalue weighted by atomic mass is 79.9. The first-order valence-corrected chi connectivity index (χ1v) is 8.67. The molecule has 1 heterocycles. The zero-order valence-electron chi connectivity index (χ0n) is 11.0. The van der Waals surface area contributed by atoms with Gasteiger partial charge in [0.05, 0.1) is 10.0 Å². The quantitative estimate of drug-likeness (QED) is 0.712. The fraction of sp³-hybridized carbons (Fsp3) is 0.286. The molecule has 7 heteroatoms. The number of hydrogen-bond donors (Lipinski definition) is 2. The number of hydrogen-bond acceptors (Lipinski definition) is 4. The molecule has 0 amide bonds. The molecule has 1 aromatic carbocycles. The lowest BCUT2D eigenvalue weighted by Gasteiger charge is -2.14. The second kappa shape index (κ2) is 8.36. The number of nitrogens with one attached hydrogen (secondary N) is 1. The van der Waals surface area contributed by atoms with Crippen molar-refractivity contribution in [3.63, 3.8) is 0 Å². The molecule has 114 valence electrons. The molecule has 1 unspecified atom stereocenters. The van der Waals surface area contributed by atoms with E-state index in [1.54, 1.807) is 29.5 Å². The van der Waals surface area contributed by atoms with Gasteiger partial charge in [-0.2, -0.15) is 0 Å². The summed E-state index contributed by atoms with van der Waals surface area (Å²) in [7, 11) is 0. The lowest BCUT2D eigenvalue weighted by Crippen LogP contribution is -2.31. The summed E-state index contributed by atoms with van der Waals surface area (Å²) in [5.74, 6) is 0.405. The van der Waals surface area contributed by atoms with Gasteiger partial charge in [-0.1, -0.05) is 29.3 Å². The monoisotopic (exact) mass is 409 g/mol. The fourth-order valence-electron chi connectivity index (χ4n) is 1.67. The lowest BCUT2D eigenvalue weighted by atomic mass is 10.3. The standard InChI is InChI=1S/C14H14BrCl2NO2S/c15-9-4-11(21-8-9)6-18-5-10(19)7-20-14-12(16)2-1-3-13(14)17/h1-4,8,10,18-19H,5-7H2. The van der Waals surface area contributed by atoms with Crippen molar-refractivity contribution in [2.45, 2.75) is 12.6 Å². The predicted octanol–water partition coefficient (Wildman–Crippen LogP) is 4.35. The summed E-state index contributed by atoms with van der Waals surface area (Å²) in [6.45, 7) is 1.27. The van der Waals surface area contributed by atoms with Crippen LogP contribution in [0.15, 0.2) is 34.1 Å². The number of aliphatic hydroxyl groups excluding tert-OH is 1. The number of para-hydroxylation sites is 1. The van der Waals surface area contributed by atoms with E-state index in [1.807, 2.05) is 11.4 Å². The Morgan fingerprint density at radius 1 is 1.33 bits per heavy atom. The molecule has 0 aliphatic rings. The van der Waals surface area contributed by atoms with Crippen LogP contribution in [0.1, 0.15) is 4.88 Å². The Hall–Kier alpha value is -0.300. The predicted molar refractivity (Wildman–Crippen MR) is 91.7 cm³/mol. The van der Waals surface area contributed by atoms with E-state index < -0.39 is 6.10 Å². The molecule has 3 nitrogen and oxygen atoms in total.